The van der Waals surface area contributed by atoms with Crippen LogP contribution in [-0.4, -0.2) is 21.7 Å². The molecule has 3 rings (SSSR count). The van der Waals surface area contributed by atoms with Crippen LogP contribution >= 0.6 is 0 Å². The van der Waals surface area contributed by atoms with Gasteiger partial charge in [-0.2, -0.15) is 0 Å². The van der Waals surface area contributed by atoms with Gasteiger partial charge in [-0.25, -0.2) is 9.18 Å². The van der Waals surface area contributed by atoms with E-state index in [9.17, 15) is 19.1 Å². The normalized spacial score (nSPS) is 15.1. The highest BCUT2D eigenvalue weighted by molar-refractivity contribution is 5.99. The molecule has 1 heterocycles. The summed E-state index contributed by atoms with van der Waals surface area (Å²) >= 11 is 0. The van der Waals surface area contributed by atoms with Crippen LogP contribution in [0.5, 0.6) is 0 Å². The number of fused-ring (bicyclic) bond motifs is 1. The number of rotatable bonds is 4. The fourth-order valence-corrected chi connectivity index (χ4v) is 3.36. The van der Waals surface area contributed by atoms with Gasteiger partial charge < -0.3 is 20.7 Å². The lowest BCUT2D eigenvalue weighted by Crippen LogP contribution is -2.21. The Bertz CT molecular complexity index is 870. The predicted molar refractivity (Wildman–Crippen MR) is 91.1 cm³/mol. The number of carboxylic acid groups (broad SMARTS) is 1. The molecule has 0 spiro atoms. The first-order valence-electron chi connectivity index (χ1n) is 8.09. The van der Waals surface area contributed by atoms with Gasteiger partial charge in [-0.15, -0.1) is 0 Å². The Hall–Kier alpha value is -2.57. The molecule has 1 aliphatic carbocycles. The molecule has 0 atom stereocenters. The number of nitrogen functional groups attached to an aromatic ring is 1. The van der Waals surface area contributed by atoms with Crippen LogP contribution < -0.4 is 16.5 Å². The minimum Gasteiger partial charge on any atom is -0.477 e. The van der Waals surface area contributed by atoms with E-state index in [-0.39, 0.29) is 22.8 Å². The molecule has 1 saturated carbocycles. The number of benzene rings is 1. The van der Waals surface area contributed by atoms with Crippen molar-refractivity contribution in [2.75, 3.05) is 11.1 Å². The minimum absolute atomic E-state index is 0.0776. The van der Waals surface area contributed by atoms with Gasteiger partial charge in [0.2, 0.25) is 5.43 Å². The Morgan fingerprint density at radius 3 is 2.71 bits per heavy atom. The Balaban J connectivity index is 2.25. The van der Waals surface area contributed by atoms with Crippen LogP contribution in [0.4, 0.5) is 15.8 Å². The Labute approximate surface area is 138 Å². The number of pyridine rings is 1. The number of hydrogen-bond donors (Lipinski definition) is 3. The SMILES string of the molecule is CCn1cc(C(=O)O)c(=O)c2c(N)c(F)c(NC3CCCC3)cc21. The van der Waals surface area contributed by atoms with Crippen molar-refractivity contribution in [2.45, 2.75) is 45.2 Å². The van der Waals surface area contributed by atoms with Gasteiger partial charge in [0, 0.05) is 18.8 Å². The molecule has 1 fully saturated rings. The first kappa shape index (κ1) is 16.3. The number of nitrogens with two attached hydrogens (primary N) is 1. The van der Waals surface area contributed by atoms with Crippen LogP contribution in [0.15, 0.2) is 17.1 Å². The van der Waals surface area contributed by atoms with Crippen molar-refractivity contribution in [3.05, 3.63) is 33.9 Å². The fourth-order valence-electron chi connectivity index (χ4n) is 3.36. The van der Waals surface area contributed by atoms with Gasteiger partial charge in [-0.3, -0.25) is 4.79 Å². The van der Waals surface area contributed by atoms with Gasteiger partial charge in [0.25, 0.3) is 0 Å². The highest BCUT2D eigenvalue weighted by Gasteiger charge is 2.22. The fraction of sp³-hybridized carbons (Fsp3) is 0.412. The summed E-state index contributed by atoms with van der Waals surface area (Å²) in [5.41, 5.74) is 5.09. The second-order valence-corrected chi connectivity index (χ2v) is 6.13. The minimum atomic E-state index is -1.35. The molecule has 24 heavy (non-hydrogen) atoms. The number of aryl methyl sites for hydroxylation is 1. The molecular formula is C17H20FN3O3. The van der Waals surface area contributed by atoms with E-state index in [4.69, 9.17) is 5.73 Å². The number of aromatic carboxylic acids is 1. The molecule has 4 N–H and O–H groups in total. The van der Waals surface area contributed by atoms with Gasteiger partial charge in [0.05, 0.1) is 22.3 Å². The molecule has 1 aromatic heterocycles. The van der Waals surface area contributed by atoms with E-state index in [1.54, 1.807) is 10.6 Å². The average molecular weight is 333 g/mol. The van der Waals surface area contributed by atoms with E-state index >= 15 is 0 Å². The van der Waals surface area contributed by atoms with Crippen molar-refractivity contribution in [2.24, 2.45) is 0 Å². The standard InChI is InChI=1S/C17H20FN3O3/c1-2-21-8-10(17(23)24)16(22)13-12(21)7-11(14(18)15(13)19)20-9-5-3-4-6-9/h7-9,20H,2-6,19H2,1H3,(H,23,24). The summed E-state index contributed by atoms with van der Waals surface area (Å²) in [5, 5.41) is 12.3. The highest BCUT2D eigenvalue weighted by atomic mass is 19.1. The van der Waals surface area contributed by atoms with Crippen molar-refractivity contribution in [1.29, 1.82) is 0 Å². The zero-order valence-corrected chi connectivity index (χ0v) is 13.4. The van der Waals surface area contributed by atoms with E-state index in [1.165, 1.54) is 6.20 Å². The largest absolute Gasteiger partial charge is 0.477 e. The van der Waals surface area contributed by atoms with E-state index in [2.05, 4.69) is 5.32 Å². The summed E-state index contributed by atoms with van der Waals surface area (Å²) in [6, 6.07) is 1.74. The van der Waals surface area contributed by atoms with Crippen molar-refractivity contribution < 1.29 is 14.3 Å². The van der Waals surface area contributed by atoms with Crippen LogP contribution in [0.1, 0.15) is 43.0 Å². The molecule has 1 aromatic carbocycles. The third-order valence-electron chi connectivity index (χ3n) is 4.63. The monoisotopic (exact) mass is 333 g/mol. The first-order chi connectivity index (χ1) is 11.4. The van der Waals surface area contributed by atoms with Gasteiger partial charge in [0.15, 0.2) is 5.82 Å². The van der Waals surface area contributed by atoms with Crippen LogP contribution in [0, 0.1) is 5.82 Å². The molecule has 128 valence electrons. The number of aromatic nitrogens is 1. The van der Waals surface area contributed by atoms with Crippen LogP contribution in [0.3, 0.4) is 0 Å². The summed E-state index contributed by atoms with van der Waals surface area (Å²) in [4.78, 5) is 23.7. The number of hydrogen-bond acceptors (Lipinski definition) is 4. The molecule has 0 unspecified atom stereocenters. The second-order valence-electron chi connectivity index (χ2n) is 6.13. The number of nitrogens with one attached hydrogen (secondary N) is 1. The van der Waals surface area contributed by atoms with Gasteiger partial charge in [-0.1, -0.05) is 12.8 Å². The maximum atomic E-state index is 14.7. The zero-order valence-electron chi connectivity index (χ0n) is 13.4. The Morgan fingerprint density at radius 1 is 1.46 bits per heavy atom. The molecule has 6 nitrogen and oxygen atoms in total. The maximum absolute atomic E-state index is 14.7. The molecule has 0 aliphatic heterocycles. The molecule has 0 saturated heterocycles. The number of halogens is 1. The number of anilines is 2. The average Bonchev–Trinajstić information content (AvgIpc) is 3.05. The summed E-state index contributed by atoms with van der Waals surface area (Å²) < 4.78 is 16.3. The van der Waals surface area contributed by atoms with Crippen molar-refractivity contribution in [3.63, 3.8) is 0 Å². The summed E-state index contributed by atoms with van der Waals surface area (Å²) in [5.74, 6) is -2.05. The van der Waals surface area contributed by atoms with Gasteiger partial charge in [0.1, 0.15) is 5.56 Å². The molecule has 0 amide bonds. The highest BCUT2D eigenvalue weighted by Crippen LogP contribution is 2.31. The van der Waals surface area contributed by atoms with E-state index in [0.29, 0.717) is 12.1 Å². The summed E-state index contributed by atoms with van der Waals surface area (Å²) in [7, 11) is 0. The van der Waals surface area contributed by atoms with E-state index in [1.807, 2.05) is 6.92 Å². The third-order valence-corrected chi connectivity index (χ3v) is 4.63. The smallest absolute Gasteiger partial charge is 0.341 e. The Kier molecular flexibility index (Phi) is 4.17. The molecule has 2 aromatic rings. The number of nitrogens with zero attached hydrogens (tertiary/aromatic N) is 1. The van der Waals surface area contributed by atoms with Crippen molar-refractivity contribution in [3.8, 4) is 0 Å². The molecule has 0 bridgehead atoms. The van der Waals surface area contributed by atoms with E-state index < -0.39 is 22.8 Å². The third kappa shape index (κ3) is 2.60. The van der Waals surface area contributed by atoms with Crippen LogP contribution in [0.25, 0.3) is 10.9 Å². The maximum Gasteiger partial charge on any atom is 0.341 e. The summed E-state index contributed by atoms with van der Waals surface area (Å²) in [6.45, 7) is 2.25. The number of carboxylic acids is 1. The molecule has 7 heteroatoms. The van der Waals surface area contributed by atoms with Crippen LogP contribution in [0.2, 0.25) is 0 Å². The molecule has 1 aliphatic rings. The lowest BCUT2D eigenvalue weighted by atomic mass is 10.1. The number of carbonyl (C=O) groups is 1. The predicted octanol–water partition coefficient (Wildman–Crippen LogP) is 2.80. The van der Waals surface area contributed by atoms with Crippen molar-refractivity contribution >= 4 is 28.2 Å². The lowest BCUT2D eigenvalue weighted by Gasteiger charge is -2.18. The first-order valence-corrected chi connectivity index (χ1v) is 8.09. The topological polar surface area (TPSA) is 97.4 Å². The lowest BCUT2D eigenvalue weighted by molar-refractivity contribution is 0.0695. The van der Waals surface area contributed by atoms with Crippen LogP contribution in [-0.2, 0) is 6.54 Å². The second kappa shape index (κ2) is 6.14. The van der Waals surface area contributed by atoms with Gasteiger partial charge in [-0.05, 0) is 25.8 Å². The van der Waals surface area contributed by atoms with E-state index in [0.717, 1.165) is 25.7 Å². The van der Waals surface area contributed by atoms with Gasteiger partial charge >= 0.3 is 5.97 Å². The quantitative estimate of drug-likeness (QED) is 0.748. The molecular weight excluding hydrogens is 313 g/mol. The zero-order chi connectivity index (χ0) is 17.4. The summed E-state index contributed by atoms with van der Waals surface area (Å²) in [6.07, 6.45) is 5.42. The Morgan fingerprint density at radius 2 is 2.12 bits per heavy atom. The molecule has 0 radical (unpaired) electrons. The van der Waals surface area contributed by atoms with Crippen molar-refractivity contribution in [1.82, 2.24) is 4.57 Å².